The van der Waals surface area contributed by atoms with E-state index >= 15 is 0 Å². The highest BCUT2D eigenvalue weighted by Crippen LogP contribution is 2.11. The number of hydrogen-bond acceptors (Lipinski definition) is 2. The number of nitrogens with one attached hydrogen (secondary N) is 1. The number of carbonyl (C=O) groups is 1. The van der Waals surface area contributed by atoms with Crippen LogP contribution >= 0.6 is 11.6 Å². The Kier molecular flexibility index (Phi) is 4.40. The molecule has 0 aliphatic heterocycles. The number of hydrogen-bond donors (Lipinski definition) is 1. The van der Waals surface area contributed by atoms with Gasteiger partial charge < -0.3 is 5.32 Å². The van der Waals surface area contributed by atoms with Gasteiger partial charge >= 0.3 is 0 Å². The van der Waals surface area contributed by atoms with Crippen LogP contribution in [0.2, 0.25) is 5.02 Å². The Hall–Kier alpha value is -1.09. The molecular formula is C10H13ClN2O. The van der Waals surface area contributed by atoms with E-state index in [1.54, 1.807) is 18.3 Å². The standard InChI is InChI=1S/C10H13ClN2O/c1-2-4-10(14)13-7-9-8(11)5-3-6-12-9/h3,5-6H,2,4,7H2,1H3,(H,13,14). The van der Waals surface area contributed by atoms with Gasteiger partial charge in [0.1, 0.15) is 0 Å². The second-order valence-electron chi connectivity index (χ2n) is 2.96. The Morgan fingerprint density at radius 3 is 3.07 bits per heavy atom. The number of aromatic nitrogens is 1. The molecule has 76 valence electrons. The zero-order valence-electron chi connectivity index (χ0n) is 8.09. The predicted molar refractivity (Wildman–Crippen MR) is 56.0 cm³/mol. The van der Waals surface area contributed by atoms with Gasteiger partial charge in [-0.3, -0.25) is 9.78 Å². The van der Waals surface area contributed by atoms with Crippen molar-refractivity contribution in [1.82, 2.24) is 10.3 Å². The van der Waals surface area contributed by atoms with Crippen LogP contribution in [0.15, 0.2) is 18.3 Å². The van der Waals surface area contributed by atoms with Crippen molar-refractivity contribution in [2.45, 2.75) is 26.3 Å². The molecule has 0 aliphatic carbocycles. The number of nitrogens with zero attached hydrogens (tertiary/aromatic N) is 1. The largest absolute Gasteiger partial charge is 0.350 e. The van der Waals surface area contributed by atoms with Crippen LogP contribution in [-0.4, -0.2) is 10.9 Å². The van der Waals surface area contributed by atoms with E-state index in [1.807, 2.05) is 6.92 Å². The fourth-order valence-electron chi connectivity index (χ4n) is 1.05. The lowest BCUT2D eigenvalue weighted by Gasteiger charge is -2.04. The minimum absolute atomic E-state index is 0.0363. The van der Waals surface area contributed by atoms with Gasteiger partial charge in [-0.2, -0.15) is 0 Å². The van der Waals surface area contributed by atoms with E-state index in [9.17, 15) is 4.79 Å². The average molecular weight is 213 g/mol. The van der Waals surface area contributed by atoms with E-state index in [-0.39, 0.29) is 5.91 Å². The van der Waals surface area contributed by atoms with Gasteiger partial charge in [0.2, 0.25) is 5.91 Å². The SMILES string of the molecule is CCCC(=O)NCc1ncccc1Cl. The topological polar surface area (TPSA) is 42.0 Å². The third-order valence-electron chi connectivity index (χ3n) is 1.76. The second kappa shape index (κ2) is 5.60. The summed E-state index contributed by atoms with van der Waals surface area (Å²) in [5, 5.41) is 3.34. The highest BCUT2D eigenvalue weighted by atomic mass is 35.5. The highest BCUT2D eigenvalue weighted by Gasteiger charge is 2.02. The molecule has 4 heteroatoms. The van der Waals surface area contributed by atoms with E-state index in [0.29, 0.717) is 23.7 Å². The molecule has 1 N–H and O–H groups in total. The number of carbonyl (C=O) groups excluding carboxylic acids is 1. The molecule has 0 fully saturated rings. The molecule has 1 aromatic heterocycles. The molecule has 0 saturated heterocycles. The molecule has 1 rings (SSSR count). The van der Waals surface area contributed by atoms with Crippen molar-refractivity contribution in [3.63, 3.8) is 0 Å². The average Bonchev–Trinajstić information content (AvgIpc) is 2.17. The molecular weight excluding hydrogens is 200 g/mol. The molecule has 0 aliphatic rings. The van der Waals surface area contributed by atoms with E-state index < -0.39 is 0 Å². The van der Waals surface area contributed by atoms with E-state index in [0.717, 1.165) is 6.42 Å². The summed E-state index contributed by atoms with van der Waals surface area (Å²) in [6, 6.07) is 3.52. The maximum atomic E-state index is 11.1. The number of rotatable bonds is 4. The fourth-order valence-corrected chi connectivity index (χ4v) is 1.23. The van der Waals surface area contributed by atoms with Gasteiger partial charge in [0, 0.05) is 12.6 Å². The molecule has 0 aromatic carbocycles. The van der Waals surface area contributed by atoms with Crippen LogP contribution in [0.25, 0.3) is 0 Å². The van der Waals surface area contributed by atoms with Crippen molar-refractivity contribution < 1.29 is 4.79 Å². The first kappa shape index (κ1) is 11.0. The highest BCUT2D eigenvalue weighted by molar-refractivity contribution is 6.31. The van der Waals surface area contributed by atoms with E-state index in [4.69, 9.17) is 11.6 Å². The summed E-state index contributed by atoms with van der Waals surface area (Å²) >= 11 is 5.87. The van der Waals surface area contributed by atoms with E-state index in [2.05, 4.69) is 10.3 Å². The Morgan fingerprint density at radius 2 is 2.43 bits per heavy atom. The number of halogens is 1. The lowest BCUT2D eigenvalue weighted by Crippen LogP contribution is -2.22. The summed E-state index contributed by atoms with van der Waals surface area (Å²) in [5.41, 5.74) is 0.707. The van der Waals surface area contributed by atoms with Crippen molar-refractivity contribution in [3.8, 4) is 0 Å². The summed E-state index contributed by atoms with van der Waals surface area (Å²) in [6.07, 6.45) is 3.05. The third kappa shape index (κ3) is 3.34. The first-order valence-corrected chi connectivity index (χ1v) is 4.98. The summed E-state index contributed by atoms with van der Waals surface area (Å²) < 4.78 is 0. The van der Waals surface area contributed by atoms with Crippen LogP contribution in [0, 0.1) is 0 Å². The molecule has 1 heterocycles. The Morgan fingerprint density at radius 1 is 1.64 bits per heavy atom. The predicted octanol–water partition coefficient (Wildman–Crippen LogP) is 2.15. The summed E-state index contributed by atoms with van der Waals surface area (Å²) in [5.74, 6) is 0.0363. The lowest BCUT2D eigenvalue weighted by atomic mass is 10.3. The zero-order chi connectivity index (χ0) is 10.4. The molecule has 1 aromatic rings. The molecule has 1 amide bonds. The van der Waals surface area contributed by atoms with Crippen molar-refractivity contribution in [2.24, 2.45) is 0 Å². The first-order chi connectivity index (χ1) is 6.74. The zero-order valence-corrected chi connectivity index (χ0v) is 8.84. The van der Waals surface area contributed by atoms with Crippen LogP contribution in [0.4, 0.5) is 0 Å². The molecule has 0 saturated carbocycles. The van der Waals surface area contributed by atoms with Gasteiger partial charge in [-0.1, -0.05) is 18.5 Å². The van der Waals surface area contributed by atoms with Crippen molar-refractivity contribution in [1.29, 1.82) is 0 Å². The third-order valence-corrected chi connectivity index (χ3v) is 2.11. The molecule has 0 atom stereocenters. The van der Waals surface area contributed by atoms with Crippen LogP contribution in [-0.2, 0) is 11.3 Å². The van der Waals surface area contributed by atoms with Gasteiger partial charge in [-0.15, -0.1) is 0 Å². The molecule has 3 nitrogen and oxygen atoms in total. The van der Waals surface area contributed by atoms with Crippen molar-refractivity contribution in [3.05, 3.63) is 29.0 Å². The molecule has 0 spiro atoms. The van der Waals surface area contributed by atoms with Crippen molar-refractivity contribution in [2.75, 3.05) is 0 Å². The minimum Gasteiger partial charge on any atom is -0.350 e. The van der Waals surface area contributed by atoms with Crippen LogP contribution in [0.5, 0.6) is 0 Å². The van der Waals surface area contributed by atoms with E-state index in [1.165, 1.54) is 0 Å². The number of amides is 1. The molecule has 14 heavy (non-hydrogen) atoms. The normalized spacial score (nSPS) is 9.86. The Bertz CT molecular complexity index is 315. The van der Waals surface area contributed by atoms with Gasteiger partial charge in [-0.25, -0.2) is 0 Å². The lowest BCUT2D eigenvalue weighted by molar-refractivity contribution is -0.121. The van der Waals surface area contributed by atoms with Crippen LogP contribution in [0.3, 0.4) is 0 Å². The van der Waals surface area contributed by atoms with Gasteiger partial charge in [0.05, 0.1) is 17.3 Å². The monoisotopic (exact) mass is 212 g/mol. The van der Waals surface area contributed by atoms with Gasteiger partial charge in [0.25, 0.3) is 0 Å². The quantitative estimate of drug-likeness (QED) is 0.831. The number of pyridine rings is 1. The van der Waals surface area contributed by atoms with Crippen LogP contribution < -0.4 is 5.32 Å². The summed E-state index contributed by atoms with van der Waals surface area (Å²) in [7, 11) is 0. The van der Waals surface area contributed by atoms with Gasteiger partial charge in [-0.05, 0) is 18.6 Å². The second-order valence-corrected chi connectivity index (χ2v) is 3.37. The Balaban J connectivity index is 2.46. The first-order valence-electron chi connectivity index (χ1n) is 4.60. The summed E-state index contributed by atoms with van der Waals surface area (Å²) in [6.45, 7) is 2.37. The molecule has 0 unspecified atom stereocenters. The van der Waals surface area contributed by atoms with Crippen molar-refractivity contribution >= 4 is 17.5 Å². The fraction of sp³-hybridized carbons (Fsp3) is 0.400. The molecule has 0 bridgehead atoms. The van der Waals surface area contributed by atoms with Gasteiger partial charge in [0.15, 0.2) is 0 Å². The molecule has 0 radical (unpaired) electrons. The smallest absolute Gasteiger partial charge is 0.220 e. The summed E-state index contributed by atoms with van der Waals surface area (Å²) in [4.78, 5) is 15.2. The Labute approximate surface area is 88.5 Å². The minimum atomic E-state index is 0.0363. The maximum absolute atomic E-state index is 11.1. The van der Waals surface area contributed by atoms with Crippen LogP contribution in [0.1, 0.15) is 25.5 Å². The maximum Gasteiger partial charge on any atom is 0.220 e.